The zero-order valence-electron chi connectivity index (χ0n) is 33.6. The molecule has 0 unspecified atom stereocenters. The van der Waals surface area contributed by atoms with Gasteiger partial charge in [0.15, 0.2) is 18.5 Å². The molecule has 3 aromatic carbocycles. The molecule has 6 atom stereocenters. The number of rotatable bonds is 17. The summed E-state index contributed by atoms with van der Waals surface area (Å²) in [4.78, 5) is 24.8. The summed E-state index contributed by atoms with van der Waals surface area (Å²) in [6.07, 6.45) is -22.1. The third kappa shape index (κ3) is 10.2. The van der Waals surface area contributed by atoms with Crippen LogP contribution in [0.25, 0.3) is 0 Å². The first-order valence-electron chi connectivity index (χ1n) is 19.1. The Labute approximate surface area is 366 Å². The zero-order valence-corrected chi connectivity index (χ0v) is 33.6. The Hall–Kier alpha value is -5.15. The van der Waals surface area contributed by atoms with E-state index in [4.69, 9.17) is 23.7 Å². The van der Waals surface area contributed by atoms with Crippen LogP contribution in [0, 0.1) is 0 Å². The fourth-order valence-corrected chi connectivity index (χ4v) is 6.53. The van der Waals surface area contributed by atoms with Gasteiger partial charge in [0.25, 0.3) is 0 Å². The van der Waals surface area contributed by atoms with Crippen LogP contribution in [0.4, 0.5) is 85.1 Å². The van der Waals surface area contributed by atoms with Gasteiger partial charge >= 0.3 is 59.7 Å². The molecule has 0 radical (unpaired) electrons. The van der Waals surface area contributed by atoms with Crippen molar-refractivity contribution in [3.63, 3.8) is 0 Å². The van der Waals surface area contributed by atoms with E-state index in [1.165, 1.54) is 31.4 Å². The van der Waals surface area contributed by atoms with Crippen molar-refractivity contribution in [3.8, 4) is 5.75 Å². The first-order chi connectivity index (χ1) is 30.8. The van der Waals surface area contributed by atoms with Gasteiger partial charge in [0.1, 0.15) is 18.0 Å². The number of carbonyl (C=O) groups excluding carboxylic acids is 2. The molecule has 0 aliphatic carbocycles. The monoisotopic (exact) mass is 995 g/mol. The van der Waals surface area contributed by atoms with Crippen molar-refractivity contribution >= 4 is 17.7 Å². The summed E-state index contributed by atoms with van der Waals surface area (Å²) < 4.78 is 265. The summed E-state index contributed by atoms with van der Waals surface area (Å²) in [7, 11) is 1.20. The molecular formula is C40H34F17NO9. The average molecular weight is 996 g/mol. The molecule has 0 saturated carbocycles. The molecule has 1 amide bonds. The van der Waals surface area contributed by atoms with Gasteiger partial charge in [-0.3, -0.25) is 10.1 Å². The highest BCUT2D eigenvalue weighted by Crippen LogP contribution is 2.64. The number of aliphatic hydroxyl groups is 1. The summed E-state index contributed by atoms with van der Waals surface area (Å²) in [6, 6.07) is 18.4. The summed E-state index contributed by atoms with van der Waals surface area (Å²) in [5, 5.41) is 13.7. The minimum Gasteiger partial charge on any atom is -0.469 e. The summed E-state index contributed by atoms with van der Waals surface area (Å²) in [5.74, 6) is -57.2. The predicted octanol–water partition coefficient (Wildman–Crippen LogP) is 9.93. The first-order valence-corrected chi connectivity index (χ1v) is 19.1. The van der Waals surface area contributed by atoms with Gasteiger partial charge in [-0.1, -0.05) is 54.6 Å². The molecule has 372 valence electrons. The van der Waals surface area contributed by atoms with Crippen molar-refractivity contribution in [2.75, 3.05) is 19.0 Å². The van der Waals surface area contributed by atoms with Crippen molar-refractivity contribution in [2.45, 2.75) is 110 Å². The molecular weight excluding hydrogens is 961 g/mol. The second kappa shape index (κ2) is 19.1. The SMILES string of the molecule is COC(=O)Cc1ccc(O[C@@H]2O[C@@H]3CO[C@@H](c4ccccc4)O[C@H]3[C@H](OC(=O)Nc3ccc(CCCC(F)(F)C(F)(F)C(F)(F)C(F)(F)C(F)(F)C(F)(F)C(F)(F)C(F)(F)F)cc3)[C@H]2O)cc1. The fourth-order valence-electron chi connectivity index (χ4n) is 6.53. The van der Waals surface area contributed by atoms with Crippen LogP contribution in [0.2, 0.25) is 0 Å². The highest BCUT2D eigenvalue weighted by molar-refractivity contribution is 5.84. The number of anilines is 1. The van der Waals surface area contributed by atoms with Gasteiger partial charge in [0, 0.05) is 17.7 Å². The molecule has 2 aliphatic rings. The Morgan fingerprint density at radius 3 is 1.78 bits per heavy atom. The van der Waals surface area contributed by atoms with E-state index < -0.39 is 116 Å². The minimum atomic E-state index is -8.71. The van der Waals surface area contributed by atoms with E-state index in [2.05, 4.69) is 10.1 Å². The summed E-state index contributed by atoms with van der Waals surface area (Å²) in [5.41, 5.74) is 0.798. The number of halogens is 17. The molecule has 0 bridgehead atoms. The number of hydrogen-bond donors (Lipinski definition) is 2. The highest BCUT2D eigenvalue weighted by atomic mass is 19.4. The molecule has 2 aliphatic heterocycles. The number of esters is 1. The van der Waals surface area contributed by atoms with Gasteiger partial charge in [-0.2, -0.15) is 74.6 Å². The maximum absolute atomic E-state index is 14.4. The molecule has 3 aromatic rings. The van der Waals surface area contributed by atoms with Gasteiger partial charge in [0.2, 0.25) is 6.29 Å². The van der Waals surface area contributed by atoms with Crippen LogP contribution in [0.1, 0.15) is 35.8 Å². The number of ether oxygens (including phenoxy) is 6. The minimum absolute atomic E-state index is 0.0633. The smallest absolute Gasteiger partial charge is 0.460 e. The topological polar surface area (TPSA) is 122 Å². The van der Waals surface area contributed by atoms with E-state index in [1.54, 1.807) is 30.3 Å². The third-order valence-electron chi connectivity index (χ3n) is 10.3. The van der Waals surface area contributed by atoms with Crippen LogP contribution >= 0.6 is 0 Å². The molecule has 10 nitrogen and oxygen atoms in total. The van der Waals surface area contributed by atoms with Crippen molar-refractivity contribution in [1.29, 1.82) is 0 Å². The molecule has 5 rings (SSSR count). The van der Waals surface area contributed by atoms with Crippen molar-refractivity contribution in [2.24, 2.45) is 0 Å². The molecule has 27 heteroatoms. The van der Waals surface area contributed by atoms with E-state index in [0.29, 0.717) is 11.1 Å². The van der Waals surface area contributed by atoms with Crippen molar-refractivity contribution < 1.29 is 118 Å². The lowest BCUT2D eigenvalue weighted by Crippen LogP contribution is -2.74. The van der Waals surface area contributed by atoms with Gasteiger partial charge in [-0.05, 0) is 48.2 Å². The van der Waals surface area contributed by atoms with Crippen LogP contribution in [-0.4, -0.2) is 109 Å². The normalized spacial score (nSPS) is 22.4. The van der Waals surface area contributed by atoms with Crippen LogP contribution in [0.3, 0.4) is 0 Å². The molecule has 2 N–H and O–H groups in total. The van der Waals surface area contributed by atoms with Crippen LogP contribution in [0.15, 0.2) is 78.9 Å². The van der Waals surface area contributed by atoms with E-state index in [1.807, 2.05) is 0 Å². The Bertz CT molecular complexity index is 2160. The van der Waals surface area contributed by atoms with E-state index >= 15 is 0 Å². The van der Waals surface area contributed by atoms with Crippen molar-refractivity contribution in [1.82, 2.24) is 0 Å². The lowest BCUT2D eigenvalue weighted by atomic mass is 9.87. The number of methoxy groups -OCH3 is 1. The van der Waals surface area contributed by atoms with Gasteiger partial charge < -0.3 is 33.5 Å². The Morgan fingerprint density at radius 1 is 0.687 bits per heavy atom. The fraction of sp³-hybridized carbons (Fsp3) is 0.500. The zero-order chi connectivity index (χ0) is 50.2. The predicted molar refractivity (Wildman–Crippen MR) is 191 cm³/mol. The Morgan fingerprint density at radius 2 is 1.22 bits per heavy atom. The van der Waals surface area contributed by atoms with Crippen LogP contribution in [0.5, 0.6) is 5.75 Å². The van der Waals surface area contributed by atoms with E-state index in [0.717, 1.165) is 24.3 Å². The average Bonchev–Trinajstić information content (AvgIpc) is 3.25. The van der Waals surface area contributed by atoms with Crippen LogP contribution in [-0.2, 0) is 41.3 Å². The Balaban J connectivity index is 1.24. The molecule has 67 heavy (non-hydrogen) atoms. The van der Waals surface area contributed by atoms with Crippen LogP contribution < -0.4 is 10.1 Å². The number of carbonyl (C=O) groups is 2. The maximum atomic E-state index is 14.4. The van der Waals surface area contributed by atoms with Gasteiger partial charge in [-0.15, -0.1) is 0 Å². The first kappa shape index (κ1) is 52.8. The standard InChI is InChI=1S/C40H34F17NO9/c1-62-26(59)18-21-11-15-24(16-12-21)64-31-27(60)29(28-25(65-31)19-63-30(66-28)22-7-3-2-4-8-22)67-32(61)58-23-13-9-20(10-14-23)6-5-17-33(41,42)34(43,44)35(45,46)36(47,48)37(49,50)38(51,52)39(53,54)40(55,56)57/h2-4,7-16,25,27-31,60H,5-6,17-19H2,1H3,(H,58,61)/t25-,27-,28-,29-,30-,31-/m1/s1. The lowest BCUT2D eigenvalue weighted by Gasteiger charge is -2.47. The summed E-state index contributed by atoms with van der Waals surface area (Å²) in [6.45, 7) is -0.169. The van der Waals surface area contributed by atoms with Crippen molar-refractivity contribution in [3.05, 3.63) is 95.6 Å². The second-order valence-electron chi connectivity index (χ2n) is 14.9. The number of aryl methyl sites for hydroxylation is 1. The molecule has 2 heterocycles. The number of nitrogens with one attached hydrogen (secondary N) is 1. The van der Waals surface area contributed by atoms with E-state index in [9.17, 15) is 89.3 Å². The largest absolute Gasteiger partial charge is 0.469 e. The number of amides is 1. The summed E-state index contributed by atoms with van der Waals surface area (Å²) >= 11 is 0. The number of fused-ring (bicyclic) bond motifs is 1. The molecule has 2 fully saturated rings. The third-order valence-corrected chi connectivity index (χ3v) is 10.3. The number of alkyl halides is 17. The Kier molecular flexibility index (Phi) is 15.0. The quantitative estimate of drug-likeness (QED) is 0.101. The van der Waals surface area contributed by atoms with E-state index in [-0.39, 0.29) is 30.0 Å². The second-order valence-corrected chi connectivity index (χ2v) is 14.9. The number of hydrogen-bond acceptors (Lipinski definition) is 9. The maximum Gasteiger partial charge on any atom is 0.460 e. The lowest BCUT2D eigenvalue weighted by molar-refractivity contribution is -0.461. The van der Waals surface area contributed by atoms with Gasteiger partial charge in [0.05, 0.1) is 20.1 Å². The molecule has 0 aromatic heterocycles. The number of aliphatic hydroxyl groups excluding tert-OH is 1. The number of benzene rings is 3. The highest BCUT2D eigenvalue weighted by Gasteiger charge is 2.95. The molecule has 0 spiro atoms. The molecule has 2 saturated heterocycles. The van der Waals surface area contributed by atoms with Gasteiger partial charge in [-0.25, -0.2) is 4.79 Å².